The Morgan fingerprint density at radius 1 is 0.933 bits per heavy atom. The largest absolute Gasteiger partial charge is 0.394 e. The molecular weight excluding hydrogens is 224 g/mol. The Morgan fingerprint density at radius 2 is 1.47 bits per heavy atom. The summed E-state index contributed by atoms with van der Waals surface area (Å²) in [6.45, 7) is 0. The van der Waals surface area contributed by atoms with Crippen molar-refractivity contribution in [3.8, 4) is 0 Å². The van der Waals surface area contributed by atoms with Crippen LogP contribution in [0.15, 0.2) is 12.3 Å². The summed E-state index contributed by atoms with van der Waals surface area (Å²) < 4.78 is 71.6. The van der Waals surface area contributed by atoms with Gasteiger partial charge in [-0.3, -0.25) is 0 Å². The SMILES string of the molecule is FC(F)(F)Cc1cc[nH]c1CC(F)(F)F. The minimum absolute atomic E-state index is 0.361. The first kappa shape index (κ1) is 11.9. The van der Waals surface area contributed by atoms with Crippen molar-refractivity contribution in [3.63, 3.8) is 0 Å². The molecule has 1 N–H and O–H groups in total. The molecule has 1 heterocycles. The third kappa shape index (κ3) is 4.26. The summed E-state index contributed by atoms with van der Waals surface area (Å²) in [5.41, 5.74) is -0.792. The van der Waals surface area contributed by atoms with Crippen molar-refractivity contribution >= 4 is 0 Å². The van der Waals surface area contributed by atoms with E-state index in [9.17, 15) is 26.3 Å². The third-order valence-corrected chi connectivity index (χ3v) is 1.70. The standard InChI is InChI=1S/C8H7F6N/c9-7(10,11)3-5-1-2-15-6(5)4-8(12,13)14/h1-2,15H,3-4H2. The van der Waals surface area contributed by atoms with Crippen molar-refractivity contribution in [1.82, 2.24) is 4.98 Å². The molecule has 0 atom stereocenters. The summed E-state index contributed by atoms with van der Waals surface area (Å²) in [5, 5.41) is 0. The lowest BCUT2D eigenvalue weighted by Gasteiger charge is -2.09. The van der Waals surface area contributed by atoms with E-state index in [4.69, 9.17) is 0 Å². The zero-order chi connectivity index (χ0) is 11.7. The quantitative estimate of drug-likeness (QED) is 0.752. The number of aromatic nitrogens is 1. The molecule has 0 fully saturated rings. The number of halogens is 6. The van der Waals surface area contributed by atoms with Crippen LogP contribution in [0.25, 0.3) is 0 Å². The van der Waals surface area contributed by atoms with Crippen molar-refractivity contribution in [2.24, 2.45) is 0 Å². The number of hydrogen-bond donors (Lipinski definition) is 1. The Morgan fingerprint density at radius 3 is 1.93 bits per heavy atom. The lowest BCUT2D eigenvalue weighted by molar-refractivity contribution is -0.132. The van der Waals surface area contributed by atoms with Gasteiger partial charge in [0, 0.05) is 11.9 Å². The van der Waals surface area contributed by atoms with Gasteiger partial charge >= 0.3 is 12.4 Å². The molecule has 86 valence electrons. The molecule has 1 nitrogen and oxygen atoms in total. The molecule has 0 aliphatic heterocycles. The average Bonchev–Trinajstić information content (AvgIpc) is 2.29. The van der Waals surface area contributed by atoms with Crippen LogP contribution in [0.3, 0.4) is 0 Å². The maximum absolute atomic E-state index is 11.9. The molecule has 0 spiro atoms. The van der Waals surface area contributed by atoms with Gasteiger partial charge in [-0.05, 0) is 11.6 Å². The minimum atomic E-state index is -4.51. The molecule has 0 radical (unpaired) electrons. The molecule has 0 bridgehead atoms. The van der Waals surface area contributed by atoms with E-state index < -0.39 is 30.9 Å². The highest BCUT2D eigenvalue weighted by molar-refractivity contribution is 5.22. The second-order valence-electron chi connectivity index (χ2n) is 3.07. The van der Waals surface area contributed by atoms with Crippen molar-refractivity contribution < 1.29 is 26.3 Å². The molecular formula is C8H7F6N. The topological polar surface area (TPSA) is 15.8 Å². The van der Waals surface area contributed by atoms with E-state index in [-0.39, 0.29) is 5.56 Å². The van der Waals surface area contributed by atoms with Crippen LogP contribution >= 0.6 is 0 Å². The number of alkyl halides is 6. The third-order valence-electron chi connectivity index (χ3n) is 1.70. The van der Waals surface area contributed by atoms with Gasteiger partial charge in [-0.15, -0.1) is 0 Å². The molecule has 0 unspecified atom stereocenters. The molecule has 15 heavy (non-hydrogen) atoms. The first-order chi connectivity index (χ1) is 6.67. The molecule has 0 aliphatic rings. The van der Waals surface area contributed by atoms with Gasteiger partial charge in [0.1, 0.15) is 0 Å². The monoisotopic (exact) mass is 231 g/mol. The Balaban J connectivity index is 2.79. The fourth-order valence-electron chi connectivity index (χ4n) is 1.18. The van der Waals surface area contributed by atoms with E-state index >= 15 is 0 Å². The lowest BCUT2D eigenvalue weighted by Crippen LogP contribution is -2.16. The van der Waals surface area contributed by atoms with E-state index in [1.807, 2.05) is 0 Å². The zero-order valence-electron chi connectivity index (χ0n) is 7.34. The second-order valence-corrected chi connectivity index (χ2v) is 3.07. The summed E-state index contributed by atoms with van der Waals surface area (Å²) in [6, 6.07) is 1.01. The molecule has 1 aromatic heterocycles. The average molecular weight is 231 g/mol. The minimum Gasteiger partial charge on any atom is -0.364 e. The van der Waals surface area contributed by atoms with E-state index in [2.05, 4.69) is 4.98 Å². The van der Waals surface area contributed by atoms with Crippen LogP contribution in [0.2, 0.25) is 0 Å². The van der Waals surface area contributed by atoms with Gasteiger partial charge < -0.3 is 4.98 Å². The highest BCUT2D eigenvalue weighted by atomic mass is 19.4. The highest BCUT2D eigenvalue weighted by Crippen LogP contribution is 2.27. The molecule has 0 saturated carbocycles. The molecule has 1 aromatic rings. The first-order valence-corrected chi connectivity index (χ1v) is 3.96. The van der Waals surface area contributed by atoms with Gasteiger partial charge in [-0.2, -0.15) is 26.3 Å². The summed E-state index contributed by atoms with van der Waals surface area (Å²) >= 11 is 0. The zero-order valence-corrected chi connectivity index (χ0v) is 7.34. The van der Waals surface area contributed by atoms with Crippen LogP contribution in [-0.2, 0) is 12.8 Å². The van der Waals surface area contributed by atoms with Gasteiger partial charge in [0.25, 0.3) is 0 Å². The summed E-state index contributed by atoms with van der Waals surface area (Å²) in [5.74, 6) is 0. The molecule has 0 saturated heterocycles. The predicted octanol–water partition coefficient (Wildman–Crippen LogP) is 3.22. The maximum atomic E-state index is 11.9. The summed E-state index contributed by atoms with van der Waals surface area (Å²) in [7, 11) is 0. The smallest absolute Gasteiger partial charge is 0.364 e. The normalized spacial score (nSPS) is 13.2. The lowest BCUT2D eigenvalue weighted by atomic mass is 10.1. The van der Waals surface area contributed by atoms with Crippen LogP contribution in [0.4, 0.5) is 26.3 Å². The van der Waals surface area contributed by atoms with Crippen LogP contribution in [-0.4, -0.2) is 17.3 Å². The Hall–Kier alpha value is -1.14. The van der Waals surface area contributed by atoms with Crippen molar-refractivity contribution in [1.29, 1.82) is 0 Å². The highest BCUT2D eigenvalue weighted by Gasteiger charge is 2.33. The van der Waals surface area contributed by atoms with Gasteiger partial charge in [0.05, 0.1) is 12.8 Å². The van der Waals surface area contributed by atoms with Gasteiger partial charge in [0.2, 0.25) is 0 Å². The maximum Gasteiger partial charge on any atom is 0.394 e. The molecule has 0 amide bonds. The Kier molecular flexibility index (Phi) is 3.01. The summed E-state index contributed by atoms with van der Waals surface area (Å²) in [6.07, 6.45) is -10.6. The second kappa shape index (κ2) is 3.79. The van der Waals surface area contributed by atoms with Crippen LogP contribution in [0.1, 0.15) is 11.3 Å². The fourth-order valence-corrected chi connectivity index (χ4v) is 1.18. The number of nitrogens with one attached hydrogen (secondary N) is 1. The Labute approximate surface area is 81.1 Å². The number of aromatic amines is 1. The van der Waals surface area contributed by atoms with E-state index in [0.717, 1.165) is 12.3 Å². The first-order valence-electron chi connectivity index (χ1n) is 3.96. The molecule has 0 aliphatic carbocycles. The van der Waals surface area contributed by atoms with E-state index in [1.54, 1.807) is 0 Å². The van der Waals surface area contributed by atoms with E-state index in [0.29, 0.717) is 0 Å². The van der Waals surface area contributed by atoms with Crippen molar-refractivity contribution in [3.05, 3.63) is 23.5 Å². The van der Waals surface area contributed by atoms with Gasteiger partial charge in [-0.1, -0.05) is 0 Å². The molecule has 1 rings (SSSR count). The molecule has 0 aromatic carbocycles. The number of rotatable bonds is 2. The molecule has 7 heteroatoms. The van der Waals surface area contributed by atoms with Gasteiger partial charge in [0.15, 0.2) is 0 Å². The van der Waals surface area contributed by atoms with Crippen LogP contribution in [0.5, 0.6) is 0 Å². The van der Waals surface area contributed by atoms with E-state index in [1.165, 1.54) is 0 Å². The van der Waals surface area contributed by atoms with Crippen molar-refractivity contribution in [2.75, 3.05) is 0 Å². The number of H-pyrrole nitrogens is 1. The summed E-state index contributed by atoms with van der Waals surface area (Å²) in [4.78, 5) is 2.16. The van der Waals surface area contributed by atoms with Gasteiger partial charge in [-0.25, -0.2) is 0 Å². The predicted molar refractivity (Wildman–Crippen MR) is 40.3 cm³/mol. The van der Waals surface area contributed by atoms with Crippen molar-refractivity contribution in [2.45, 2.75) is 25.2 Å². The van der Waals surface area contributed by atoms with Crippen LogP contribution < -0.4 is 0 Å². The number of hydrogen-bond acceptors (Lipinski definition) is 0. The van der Waals surface area contributed by atoms with Crippen LogP contribution in [0, 0.1) is 0 Å². The fraction of sp³-hybridized carbons (Fsp3) is 0.500. The Bertz CT molecular complexity index is 290.